The van der Waals surface area contributed by atoms with Gasteiger partial charge in [-0.2, -0.15) is 13.2 Å². The van der Waals surface area contributed by atoms with E-state index in [1.807, 2.05) is 12.3 Å². The SMILES string of the molecule is CCC[C@@H](CCO)N1CCC2C1CCN2C(=O)CNC(=O)c1cccc(C(F)(F)F)c1.OC1CCN(c2cccnc2)CC1. The second-order valence-corrected chi connectivity index (χ2v) is 11.7. The summed E-state index contributed by atoms with van der Waals surface area (Å²) >= 11 is 0. The molecule has 2 unspecified atom stereocenters. The average Bonchev–Trinajstić information content (AvgIpc) is 3.63. The van der Waals surface area contributed by atoms with E-state index in [1.54, 1.807) is 11.1 Å². The van der Waals surface area contributed by atoms with Crippen LogP contribution in [0.15, 0.2) is 48.8 Å². The zero-order valence-corrected chi connectivity index (χ0v) is 25.3. The Morgan fingerprint density at radius 2 is 1.77 bits per heavy atom. The molecular weight excluding hydrogens is 575 g/mol. The number of piperidine rings is 1. The number of halogens is 3. The largest absolute Gasteiger partial charge is 0.416 e. The first-order valence-corrected chi connectivity index (χ1v) is 15.6. The highest BCUT2D eigenvalue weighted by atomic mass is 19.4. The van der Waals surface area contributed by atoms with Gasteiger partial charge >= 0.3 is 6.18 Å². The molecule has 0 saturated carbocycles. The molecule has 3 fully saturated rings. The van der Waals surface area contributed by atoms with Gasteiger partial charge in [0.2, 0.25) is 5.91 Å². The molecule has 5 rings (SSSR count). The van der Waals surface area contributed by atoms with Crippen LogP contribution in [-0.2, 0) is 11.0 Å². The maximum absolute atomic E-state index is 12.8. The van der Waals surface area contributed by atoms with Crippen molar-refractivity contribution in [3.8, 4) is 0 Å². The molecule has 4 heterocycles. The zero-order chi connectivity index (χ0) is 31.7. The van der Waals surface area contributed by atoms with Gasteiger partial charge in [-0.25, -0.2) is 0 Å². The number of aliphatic hydroxyl groups excluding tert-OH is 2. The molecule has 3 aliphatic heterocycles. The summed E-state index contributed by atoms with van der Waals surface area (Å²) in [4.78, 5) is 35.6. The van der Waals surface area contributed by atoms with E-state index in [-0.39, 0.29) is 42.8 Å². The van der Waals surface area contributed by atoms with Crippen molar-refractivity contribution in [1.29, 1.82) is 0 Å². The van der Waals surface area contributed by atoms with E-state index in [0.717, 1.165) is 82.4 Å². The van der Waals surface area contributed by atoms with Crippen molar-refractivity contribution in [1.82, 2.24) is 20.1 Å². The number of aromatic nitrogens is 1. The molecule has 3 saturated heterocycles. The van der Waals surface area contributed by atoms with Crippen molar-refractivity contribution in [3.05, 3.63) is 59.9 Å². The number of amides is 2. The molecule has 9 nitrogen and oxygen atoms in total. The van der Waals surface area contributed by atoms with Crippen molar-refractivity contribution in [3.63, 3.8) is 0 Å². The minimum absolute atomic E-state index is 0.0796. The van der Waals surface area contributed by atoms with Crippen LogP contribution in [0.25, 0.3) is 0 Å². The highest BCUT2D eigenvalue weighted by molar-refractivity contribution is 5.96. The maximum Gasteiger partial charge on any atom is 0.416 e. The summed E-state index contributed by atoms with van der Waals surface area (Å²) in [5.74, 6) is -0.918. The van der Waals surface area contributed by atoms with Crippen molar-refractivity contribution in [2.45, 2.75) is 82.3 Å². The van der Waals surface area contributed by atoms with Gasteiger partial charge in [0, 0.05) is 62.7 Å². The molecule has 2 aromatic rings. The fourth-order valence-corrected chi connectivity index (χ4v) is 6.60. The van der Waals surface area contributed by atoms with Crippen LogP contribution in [0, 0.1) is 0 Å². The number of nitrogens with zero attached hydrogens (tertiary/aromatic N) is 4. The number of likely N-dealkylation sites (tertiary alicyclic amines) is 2. The van der Waals surface area contributed by atoms with Crippen LogP contribution >= 0.6 is 0 Å². The summed E-state index contributed by atoms with van der Waals surface area (Å²) in [5, 5.41) is 21.2. The summed E-state index contributed by atoms with van der Waals surface area (Å²) in [6, 6.07) is 8.81. The van der Waals surface area contributed by atoms with Gasteiger partial charge in [0.1, 0.15) is 0 Å². The van der Waals surface area contributed by atoms with Crippen molar-refractivity contribution in [2.75, 3.05) is 44.2 Å². The third-order valence-electron chi connectivity index (χ3n) is 8.82. The van der Waals surface area contributed by atoms with Gasteiger partial charge in [-0.05, 0) is 68.9 Å². The summed E-state index contributed by atoms with van der Waals surface area (Å²) in [5.41, 5.74) is 0.138. The van der Waals surface area contributed by atoms with E-state index in [1.165, 1.54) is 12.1 Å². The van der Waals surface area contributed by atoms with Crippen LogP contribution in [0.2, 0.25) is 0 Å². The first-order valence-electron chi connectivity index (χ1n) is 15.6. The number of pyridine rings is 1. The summed E-state index contributed by atoms with van der Waals surface area (Å²) in [6.07, 6.45) is 5.21. The van der Waals surface area contributed by atoms with E-state index < -0.39 is 17.6 Å². The van der Waals surface area contributed by atoms with Crippen LogP contribution < -0.4 is 10.2 Å². The number of hydrogen-bond donors (Lipinski definition) is 3. The number of nitrogens with one attached hydrogen (secondary N) is 1. The summed E-state index contributed by atoms with van der Waals surface area (Å²) in [6.45, 7) is 5.37. The van der Waals surface area contributed by atoms with Gasteiger partial charge in [-0.3, -0.25) is 19.5 Å². The van der Waals surface area contributed by atoms with Gasteiger partial charge in [0.05, 0.1) is 30.1 Å². The van der Waals surface area contributed by atoms with Crippen LogP contribution in [0.3, 0.4) is 0 Å². The average molecular weight is 620 g/mol. The van der Waals surface area contributed by atoms with Gasteiger partial charge < -0.3 is 25.3 Å². The minimum Gasteiger partial charge on any atom is -0.396 e. The number of rotatable bonds is 9. The normalized spacial score (nSPS) is 21.4. The number of fused-ring (bicyclic) bond motifs is 1. The molecule has 0 spiro atoms. The number of aliphatic hydroxyl groups is 2. The fraction of sp³-hybridized carbons (Fsp3) is 0.594. The highest BCUT2D eigenvalue weighted by Crippen LogP contribution is 2.34. The predicted octanol–water partition coefficient (Wildman–Crippen LogP) is 3.70. The molecule has 3 atom stereocenters. The zero-order valence-electron chi connectivity index (χ0n) is 25.3. The molecular formula is C32H44F3N5O4. The van der Waals surface area contributed by atoms with E-state index in [2.05, 4.69) is 33.1 Å². The Morgan fingerprint density at radius 1 is 1.02 bits per heavy atom. The van der Waals surface area contributed by atoms with Crippen LogP contribution in [0.1, 0.15) is 67.8 Å². The lowest BCUT2D eigenvalue weighted by atomic mass is 10.0. The molecule has 0 radical (unpaired) electrons. The monoisotopic (exact) mass is 619 g/mol. The second kappa shape index (κ2) is 15.7. The third-order valence-corrected chi connectivity index (χ3v) is 8.82. The molecule has 1 aromatic heterocycles. The number of hydrogen-bond acceptors (Lipinski definition) is 7. The fourth-order valence-electron chi connectivity index (χ4n) is 6.60. The van der Waals surface area contributed by atoms with Crippen molar-refractivity contribution >= 4 is 17.5 Å². The molecule has 2 amide bonds. The lowest BCUT2D eigenvalue weighted by Crippen LogP contribution is -2.46. The second-order valence-electron chi connectivity index (χ2n) is 11.7. The van der Waals surface area contributed by atoms with E-state index in [9.17, 15) is 33.0 Å². The lowest BCUT2D eigenvalue weighted by Gasteiger charge is -2.32. The topological polar surface area (TPSA) is 109 Å². The number of anilines is 1. The van der Waals surface area contributed by atoms with E-state index in [0.29, 0.717) is 12.6 Å². The predicted molar refractivity (Wildman–Crippen MR) is 161 cm³/mol. The number of carbonyl (C=O) groups excluding carboxylic acids is 2. The van der Waals surface area contributed by atoms with Crippen LogP contribution in [0.5, 0.6) is 0 Å². The first kappa shape index (κ1) is 33.7. The van der Waals surface area contributed by atoms with Gasteiger partial charge in [-0.1, -0.05) is 19.4 Å². The number of benzene rings is 1. The molecule has 44 heavy (non-hydrogen) atoms. The van der Waals surface area contributed by atoms with Gasteiger partial charge in [0.25, 0.3) is 5.91 Å². The van der Waals surface area contributed by atoms with Crippen LogP contribution in [-0.4, -0.2) is 100 Å². The molecule has 3 N–H and O–H groups in total. The Balaban J connectivity index is 0.000000281. The minimum atomic E-state index is -4.53. The Bertz CT molecular complexity index is 1200. The standard InChI is InChI=1S/C22H30F3N3O3.C10H14N2O/c1-2-4-17(9-12-29)27-10-7-19-18(27)8-11-28(19)20(30)14-26-21(31)15-5-3-6-16(13-15)22(23,24)25;13-10-3-6-12(7-4-10)9-2-1-5-11-8-9/h3,5-6,13,17-19,29H,2,4,7-12,14H2,1H3,(H,26,31);1-2,5,8,10,13H,3-4,6-7H2/t17-,18?,19?;/m0./s1. The Morgan fingerprint density at radius 3 is 2.43 bits per heavy atom. The Labute approximate surface area is 257 Å². The highest BCUT2D eigenvalue weighted by Gasteiger charge is 2.45. The Kier molecular flexibility index (Phi) is 12.0. The lowest BCUT2D eigenvalue weighted by molar-refractivity contribution is -0.137. The molecule has 0 bridgehead atoms. The van der Waals surface area contributed by atoms with Gasteiger partial charge in [-0.15, -0.1) is 0 Å². The van der Waals surface area contributed by atoms with Crippen LogP contribution in [0.4, 0.5) is 18.9 Å². The van der Waals surface area contributed by atoms with Gasteiger partial charge in [0.15, 0.2) is 0 Å². The summed E-state index contributed by atoms with van der Waals surface area (Å²) in [7, 11) is 0. The number of alkyl halides is 3. The molecule has 242 valence electrons. The van der Waals surface area contributed by atoms with Crippen molar-refractivity contribution in [2.24, 2.45) is 0 Å². The Hall–Kier alpha value is -3.22. The third kappa shape index (κ3) is 8.70. The number of carbonyl (C=O) groups is 2. The molecule has 1 aromatic carbocycles. The molecule has 12 heteroatoms. The molecule has 3 aliphatic rings. The summed E-state index contributed by atoms with van der Waals surface area (Å²) < 4.78 is 38.5. The van der Waals surface area contributed by atoms with E-state index >= 15 is 0 Å². The van der Waals surface area contributed by atoms with E-state index in [4.69, 9.17) is 0 Å². The first-order chi connectivity index (χ1) is 21.1. The van der Waals surface area contributed by atoms with Crippen molar-refractivity contribution < 1.29 is 33.0 Å². The molecule has 0 aliphatic carbocycles. The quantitative estimate of drug-likeness (QED) is 0.393. The smallest absolute Gasteiger partial charge is 0.396 e. The maximum atomic E-state index is 12.8.